The number of ether oxygens (including phenoxy) is 1. The predicted molar refractivity (Wildman–Crippen MR) is 87.9 cm³/mol. The zero-order valence-corrected chi connectivity index (χ0v) is 13.1. The molecule has 2 aromatic heterocycles. The number of imidazole rings is 1. The molecule has 0 radical (unpaired) electrons. The number of hydrogen-bond acceptors (Lipinski definition) is 7. The number of carbonyl (C=O) groups is 1. The Bertz CT molecular complexity index is 985. The Balaban J connectivity index is 1.90. The molecule has 8 nitrogen and oxygen atoms in total. The van der Waals surface area contributed by atoms with Gasteiger partial charge in [-0.3, -0.25) is 9.88 Å². The van der Waals surface area contributed by atoms with Crippen molar-refractivity contribution in [3.63, 3.8) is 0 Å². The molecule has 4 rings (SSSR count). The lowest BCUT2D eigenvalue weighted by molar-refractivity contribution is 0.0599. The number of anilines is 1. The van der Waals surface area contributed by atoms with E-state index in [1.165, 1.54) is 7.11 Å². The average molecular weight is 325 g/mol. The largest absolute Gasteiger partial charge is 0.465 e. The molecule has 122 valence electrons. The van der Waals surface area contributed by atoms with Crippen LogP contribution in [0.3, 0.4) is 0 Å². The van der Waals surface area contributed by atoms with Gasteiger partial charge in [0.15, 0.2) is 17.9 Å². The molecule has 0 unspecified atom stereocenters. The molecule has 1 aliphatic heterocycles. The number of furan rings is 1. The lowest BCUT2D eigenvalue weighted by atomic mass is 10.2. The summed E-state index contributed by atoms with van der Waals surface area (Å²) in [6.07, 6.45) is -0.550. The van der Waals surface area contributed by atoms with Gasteiger partial charge in [-0.05, 0) is 25.1 Å². The first-order chi connectivity index (χ1) is 11.6. The predicted octanol–water partition coefficient (Wildman–Crippen LogP) is 2.01. The maximum Gasteiger partial charge on any atom is 0.341 e. The number of para-hydroxylation sites is 2. The second-order valence-corrected chi connectivity index (χ2v) is 5.42. The number of nitrogens with two attached hydrogens (primary N) is 1. The molecular weight excluding hydrogens is 310 g/mol. The molecule has 1 aromatic carbocycles. The minimum atomic E-state index is -0.550. The molecule has 1 atom stereocenters. The van der Waals surface area contributed by atoms with Gasteiger partial charge < -0.3 is 14.9 Å². The summed E-state index contributed by atoms with van der Waals surface area (Å²) in [6, 6.07) is 9.31. The van der Waals surface area contributed by atoms with Crippen LogP contribution in [0.15, 0.2) is 39.7 Å². The number of methoxy groups -OCH3 is 1. The lowest BCUT2D eigenvalue weighted by Gasteiger charge is -2.21. The summed E-state index contributed by atoms with van der Waals surface area (Å²) in [4.78, 5) is 20.8. The van der Waals surface area contributed by atoms with Gasteiger partial charge in [0.2, 0.25) is 5.95 Å². The Labute approximate surface area is 136 Å². The van der Waals surface area contributed by atoms with Gasteiger partial charge in [0.25, 0.3) is 0 Å². The summed E-state index contributed by atoms with van der Waals surface area (Å²) in [5, 5.41) is 2.95. The summed E-state index contributed by atoms with van der Waals surface area (Å²) in [5.41, 5.74) is 7.94. The van der Waals surface area contributed by atoms with Crippen molar-refractivity contribution in [3.8, 4) is 0 Å². The first-order valence-corrected chi connectivity index (χ1v) is 7.34. The fourth-order valence-electron chi connectivity index (χ4n) is 2.85. The number of aryl methyl sites for hydroxylation is 1. The van der Waals surface area contributed by atoms with Crippen LogP contribution in [-0.2, 0) is 4.74 Å². The van der Waals surface area contributed by atoms with Crippen molar-refractivity contribution in [1.82, 2.24) is 9.55 Å². The topological polar surface area (TPSA) is 108 Å². The van der Waals surface area contributed by atoms with Crippen molar-refractivity contribution in [3.05, 3.63) is 47.4 Å². The van der Waals surface area contributed by atoms with Crippen LogP contribution in [0.25, 0.3) is 11.0 Å². The normalized spacial score (nSPS) is 16.4. The molecule has 3 aromatic rings. The number of rotatable bonds is 2. The highest BCUT2D eigenvalue weighted by Gasteiger charge is 2.29. The smallest absolute Gasteiger partial charge is 0.341 e. The van der Waals surface area contributed by atoms with E-state index >= 15 is 0 Å². The standard InChI is InChI=1S/C16H15N5O3/c1-8-9(14(22)23-2)7-12(24-8)13-19-15(17)20-16-18-10-5-3-4-6-11(10)21(13)16/h3-7,13H,1-2H3,(H3,17,18,19,20)/t13-/m0/s1. The van der Waals surface area contributed by atoms with E-state index in [0.717, 1.165) is 11.0 Å². The van der Waals surface area contributed by atoms with E-state index in [9.17, 15) is 4.79 Å². The van der Waals surface area contributed by atoms with Gasteiger partial charge in [-0.25, -0.2) is 14.8 Å². The van der Waals surface area contributed by atoms with E-state index in [2.05, 4.69) is 15.3 Å². The molecule has 0 aliphatic carbocycles. The van der Waals surface area contributed by atoms with Crippen LogP contribution in [0.4, 0.5) is 5.95 Å². The fraction of sp³-hybridized carbons (Fsp3) is 0.188. The van der Waals surface area contributed by atoms with Crippen molar-refractivity contribution in [2.24, 2.45) is 10.7 Å². The summed E-state index contributed by atoms with van der Waals surface area (Å²) in [5.74, 6) is 1.31. The molecular formula is C16H15N5O3. The molecule has 0 amide bonds. The van der Waals surface area contributed by atoms with E-state index in [1.54, 1.807) is 13.0 Å². The molecule has 1 aliphatic rings. The van der Waals surface area contributed by atoms with Crippen molar-refractivity contribution < 1.29 is 13.9 Å². The van der Waals surface area contributed by atoms with Crippen molar-refractivity contribution in [2.75, 3.05) is 12.4 Å². The Hall–Kier alpha value is -3.29. The summed E-state index contributed by atoms with van der Waals surface area (Å²) in [7, 11) is 1.33. The van der Waals surface area contributed by atoms with Crippen LogP contribution in [0.1, 0.15) is 28.0 Å². The third-order valence-electron chi connectivity index (χ3n) is 3.94. The number of hydrogen-bond donors (Lipinski definition) is 2. The number of benzene rings is 1. The lowest BCUT2D eigenvalue weighted by Crippen LogP contribution is -2.31. The molecule has 24 heavy (non-hydrogen) atoms. The molecule has 0 saturated carbocycles. The molecule has 0 fully saturated rings. The number of aliphatic imine (C=N–C) groups is 1. The van der Waals surface area contributed by atoms with Crippen LogP contribution in [0, 0.1) is 6.92 Å². The summed E-state index contributed by atoms with van der Waals surface area (Å²) >= 11 is 0. The van der Waals surface area contributed by atoms with E-state index in [-0.39, 0.29) is 5.96 Å². The van der Waals surface area contributed by atoms with Gasteiger partial charge in [-0.2, -0.15) is 0 Å². The van der Waals surface area contributed by atoms with E-state index in [1.807, 2.05) is 28.8 Å². The monoisotopic (exact) mass is 325 g/mol. The highest BCUT2D eigenvalue weighted by Crippen LogP contribution is 2.34. The van der Waals surface area contributed by atoms with E-state index < -0.39 is 12.1 Å². The summed E-state index contributed by atoms with van der Waals surface area (Å²) < 4.78 is 12.4. The highest BCUT2D eigenvalue weighted by atomic mass is 16.5. The van der Waals surface area contributed by atoms with Crippen molar-refractivity contribution in [1.29, 1.82) is 0 Å². The van der Waals surface area contributed by atoms with E-state index in [4.69, 9.17) is 14.9 Å². The van der Waals surface area contributed by atoms with Gasteiger partial charge in [0.1, 0.15) is 11.3 Å². The first-order valence-electron chi connectivity index (χ1n) is 7.34. The maximum atomic E-state index is 11.8. The Kier molecular flexibility index (Phi) is 3.05. The minimum absolute atomic E-state index is 0.233. The van der Waals surface area contributed by atoms with Crippen LogP contribution in [0.2, 0.25) is 0 Å². The van der Waals surface area contributed by atoms with Crippen LogP contribution < -0.4 is 11.1 Å². The SMILES string of the molecule is COC(=O)c1cc([C@H]2N=C(N)Nc3nc4ccccc4n32)oc1C. The van der Waals surface area contributed by atoms with Gasteiger partial charge in [0.05, 0.1) is 18.1 Å². The second kappa shape index (κ2) is 5.12. The number of esters is 1. The number of guanidine groups is 1. The number of aromatic nitrogens is 2. The molecule has 3 N–H and O–H groups in total. The van der Waals surface area contributed by atoms with Crippen molar-refractivity contribution in [2.45, 2.75) is 13.1 Å². The van der Waals surface area contributed by atoms with Gasteiger partial charge in [-0.1, -0.05) is 12.1 Å². The quantitative estimate of drug-likeness (QED) is 0.698. The molecule has 0 spiro atoms. The Morgan fingerprint density at radius 2 is 2.21 bits per heavy atom. The third kappa shape index (κ3) is 2.03. The van der Waals surface area contributed by atoms with Crippen molar-refractivity contribution >= 4 is 28.9 Å². The highest BCUT2D eigenvalue weighted by molar-refractivity contribution is 5.95. The number of fused-ring (bicyclic) bond motifs is 3. The maximum absolute atomic E-state index is 11.8. The van der Waals surface area contributed by atoms with Crippen LogP contribution >= 0.6 is 0 Å². The van der Waals surface area contributed by atoms with Gasteiger partial charge >= 0.3 is 5.97 Å². The Morgan fingerprint density at radius 1 is 1.42 bits per heavy atom. The number of nitrogens with zero attached hydrogens (tertiary/aromatic N) is 3. The third-order valence-corrected chi connectivity index (χ3v) is 3.94. The molecule has 8 heteroatoms. The van der Waals surface area contributed by atoms with E-state index in [0.29, 0.717) is 23.0 Å². The van der Waals surface area contributed by atoms with Crippen LogP contribution in [0.5, 0.6) is 0 Å². The number of nitrogens with one attached hydrogen (secondary N) is 1. The minimum Gasteiger partial charge on any atom is -0.465 e. The molecule has 0 bridgehead atoms. The zero-order chi connectivity index (χ0) is 16.8. The van der Waals surface area contributed by atoms with Gasteiger partial charge in [0, 0.05) is 0 Å². The first kappa shape index (κ1) is 14.3. The fourth-order valence-corrected chi connectivity index (χ4v) is 2.85. The van der Waals surface area contributed by atoms with Gasteiger partial charge in [-0.15, -0.1) is 0 Å². The van der Waals surface area contributed by atoms with Crippen LogP contribution in [-0.4, -0.2) is 28.6 Å². The number of carbonyl (C=O) groups excluding carboxylic acids is 1. The Morgan fingerprint density at radius 3 is 3.00 bits per heavy atom. The summed E-state index contributed by atoms with van der Waals surface area (Å²) in [6.45, 7) is 1.71. The average Bonchev–Trinajstić information content (AvgIpc) is 3.13. The second-order valence-electron chi connectivity index (χ2n) is 5.42. The zero-order valence-electron chi connectivity index (χ0n) is 13.1. The molecule has 0 saturated heterocycles. The molecule has 3 heterocycles.